The lowest BCUT2D eigenvalue weighted by Crippen LogP contribution is -2.35. The first-order valence-corrected chi connectivity index (χ1v) is 4.72. The minimum atomic E-state index is -0.667. The highest BCUT2D eigenvalue weighted by Crippen LogP contribution is 2.15. The number of carbonyl (C=O) groups is 1. The molecule has 3 heteroatoms. The smallest absolute Gasteiger partial charge is 0.320 e. The van der Waals surface area contributed by atoms with E-state index in [4.69, 9.17) is 5.11 Å². The van der Waals surface area contributed by atoms with Crippen LogP contribution in [0.1, 0.15) is 33.6 Å². The van der Waals surface area contributed by atoms with Crippen molar-refractivity contribution in [3.63, 3.8) is 0 Å². The van der Waals surface area contributed by atoms with Gasteiger partial charge in [0.2, 0.25) is 0 Å². The summed E-state index contributed by atoms with van der Waals surface area (Å²) in [6.07, 6.45) is 1.86. The first-order chi connectivity index (χ1) is 5.75. The molecule has 0 amide bonds. The van der Waals surface area contributed by atoms with Crippen molar-refractivity contribution in [2.75, 3.05) is 13.1 Å². The Balaban J connectivity index is 0.000000561. The van der Waals surface area contributed by atoms with Crippen molar-refractivity contribution in [1.82, 2.24) is 4.90 Å². The van der Waals surface area contributed by atoms with E-state index in [1.54, 1.807) is 0 Å². The minimum Gasteiger partial charge on any atom is -0.480 e. The summed E-state index contributed by atoms with van der Waals surface area (Å²) in [5.41, 5.74) is 0. The molecule has 0 unspecified atom stereocenters. The zero-order valence-corrected chi connectivity index (χ0v) is 8.21. The van der Waals surface area contributed by atoms with Gasteiger partial charge in [-0.25, -0.2) is 0 Å². The van der Waals surface area contributed by atoms with Gasteiger partial charge in [-0.2, -0.15) is 0 Å². The number of hydrogen-bond donors (Lipinski definition) is 1. The lowest BCUT2D eigenvalue weighted by atomic mass is 10.2. The third-order valence-corrected chi connectivity index (χ3v) is 2.05. The molecule has 3 nitrogen and oxygen atoms in total. The fourth-order valence-electron chi connectivity index (χ4n) is 1.48. The number of aliphatic carboxylic acids is 1. The summed E-state index contributed by atoms with van der Waals surface area (Å²) >= 11 is 0. The lowest BCUT2D eigenvalue weighted by molar-refractivity contribution is -0.142. The molecular formula is C9H19NO2. The standard InChI is InChI=1S/C7H13NO2.C2H6/c1-2-8-5-3-4-6(8)7(9)10;1-2/h6H,2-5H2,1H3,(H,9,10);1-2H3/t6-;/m0./s1. The summed E-state index contributed by atoms with van der Waals surface area (Å²) in [7, 11) is 0. The molecule has 1 atom stereocenters. The van der Waals surface area contributed by atoms with Gasteiger partial charge in [0.25, 0.3) is 0 Å². The van der Waals surface area contributed by atoms with Gasteiger partial charge in [-0.3, -0.25) is 9.69 Å². The monoisotopic (exact) mass is 173 g/mol. The molecule has 1 aliphatic heterocycles. The van der Waals surface area contributed by atoms with Crippen LogP contribution in [0.5, 0.6) is 0 Å². The van der Waals surface area contributed by atoms with E-state index in [-0.39, 0.29) is 6.04 Å². The van der Waals surface area contributed by atoms with Gasteiger partial charge in [0.1, 0.15) is 6.04 Å². The molecule has 1 heterocycles. The summed E-state index contributed by atoms with van der Waals surface area (Å²) in [5.74, 6) is -0.667. The van der Waals surface area contributed by atoms with Gasteiger partial charge in [0, 0.05) is 0 Å². The van der Waals surface area contributed by atoms with Crippen LogP contribution in [0.3, 0.4) is 0 Å². The predicted octanol–water partition coefficient (Wildman–Crippen LogP) is 1.58. The van der Waals surface area contributed by atoms with Crippen molar-refractivity contribution in [3.8, 4) is 0 Å². The molecule has 1 saturated heterocycles. The number of rotatable bonds is 2. The second-order valence-electron chi connectivity index (χ2n) is 2.62. The van der Waals surface area contributed by atoms with Crippen LogP contribution in [0.4, 0.5) is 0 Å². The molecule has 0 saturated carbocycles. The summed E-state index contributed by atoms with van der Waals surface area (Å²) in [6.45, 7) is 7.81. The number of carboxylic acid groups (broad SMARTS) is 1. The molecular weight excluding hydrogens is 154 g/mol. The lowest BCUT2D eigenvalue weighted by Gasteiger charge is -2.17. The maximum atomic E-state index is 10.5. The third kappa shape index (κ3) is 2.81. The molecule has 0 aromatic carbocycles. The van der Waals surface area contributed by atoms with E-state index < -0.39 is 5.97 Å². The van der Waals surface area contributed by atoms with Crippen LogP contribution >= 0.6 is 0 Å². The van der Waals surface area contributed by atoms with Crippen molar-refractivity contribution < 1.29 is 9.90 Å². The Labute approximate surface area is 74.4 Å². The Morgan fingerprint density at radius 1 is 1.58 bits per heavy atom. The van der Waals surface area contributed by atoms with Crippen molar-refractivity contribution in [2.24, 2.45) is 0 Å². The van der Waals surface area contributed by atoms with Gasteiger partial charge in [0.05, 0.1) is 0 Å². The fraction of sp³-hybridized carbons (Fsp3) is 0.889. The molecule has 72 valence electrons. The Morgan fingerprint density at radius 2 is 2.17 bits per heavy atom. The number of carboxylic acids is 1. The Bertz CT molecular complexity index is 136. The van der Waals surface area contributed by atoms with Crippen LogP contribution in [0.2, 0.25) is 0 Å². The van der Waals surface area contributed by atoms with Crippen LogP contribution in [0.15, 0.2) is 0 Å². The summed E-state index contributed by atoms with van der Waals surface area (Å²) in [5, 5.41) is 8.67. The normalized spacial score (nSPS) is 23.1. The van der Waals surface area contributed by atoms with Gasteiger partial charge in [-0.15, -0.1) is 0 Å². The van der Waals surface area contributed by atoms with Crippen molar-refractivity contribution in [2.45, 2.75) is 39.7 Å². The predicted molar refractivity (Wildman–Crippen MR) is 49.3 cm³/mol. The third-order valence-electron chi connectivity index (χ3n) is 2.05. The van der Waals surface area contributed by atoms with E-state index >= 15 is 0 Å². The number of likely N-dealkylation sites (tertiary alicyclic amines) is 1. The maximum absolute atomic E-state index is 10.5. The second kappa shape index (κ2) is 6.00. The van der Waals surface area contributed by atoms with Gasteiger partial charge >= 0.3 is 5.97 Å². The molecule has 0 aromatic rings. The van der Waals surface area contributed by atoms with Crippen molar-refractivity contribution in [1.29, 1.82) is 0 Å². The van der Waals surface area contributed by atoms with E-state index in [0.29, 0.717) is 0 Å². The molecule has 12 heavy (non-hydrogen) atoms. The van der Waals surface area contributed by atoms with E-state index in [2.05, 4.69) is 0 Å². The first kappa shape index (κ1) is 11.4. The van der Waals surface area contributed by atoms with Gasteiger partial charge in [0.15, 0.2) is 0 Å². The average molecular weight is 173 g/mol. The van der Waals surface area contributed by atoms with Gasteiger partial charge in [-0.1, -0.05) is 20.8 Å². The summed E-state index contributed by atoms with van der Waals surface area (Å²) in [6, 6.07) is -0.204. The molecule has 0 aliphatic carbocycles. The number of nitrogens with zero attached hydrogens (tertiary/aromatic N) is 1. The average Bonchev–Trinajstić information content (AvgIpc) is 2.55. The molecule has 0 spiro atoms. The van der Waals surface area contributed by atoms with E-state index in [0.717, 1.165) is 25.9 Å². The topological polar surface area (TPSA) is 40.5 Å². The molecule has 0 aromatic heterocycles. The molecule has 1 N–H and O–H groups in total. The van der Waals surface area contributed by atoms with Crippen molar-refractivity contribution in [3.05, 3.63) is 0 Å². The number of likely N-dealkylation sites (N-methyl/N-ethyl adjacent to an activating group) is 1. The van der Waals surface area contributed by atoms with Crippen LogP contribution < -0.4 is 0 Å². The van der Waals surface area contributed by atoms with Crippen LogP contribution in [-0.4, -0.2) is 35.1 Å². The molecule has 1 fully saturated rings. The Hall–Kier alpha value is -0.570. The Morgan fingerprint density at radius 3 is 2.50 bits per heavy atom. The highest BCUT2D eigenvalue weighted by molar-refractivity contribution is 5.73. The maximum Gasteiger partial charge on any atom is 0.320 e. The quantitative estimate of drug-likeness (QED) is 0.689. The summed E-state index contributed by atoms with van der Waals surface area (Å²) in [4.78, 5) is 12.5. The van der Waals surface area contributed by atoms with E-state index in [9.17, 15) is 4.79 Å². The second-order valence-corrected chi connectivity index (χ2v) is 2.62. The minimum absolute atomic E-state index is 0.204. The van der Waals surface area contributed by atoms with Gasteiger partial charge in [-0.05, 0) is 25.9 Å². The Kier molecular flexibility index (Phi) is 5.72. The zero-order valence-electron chi connectivity index (χ0n) is 8.21. The SMILES string of the molecule is CC.CCN1CCC[C@H]1C(=O)O. The molecule has 1 rings (SSSR count). The van der Waals surface area contributed by atoms with E-state index in [1.807, 2.05) is 25.7 Å². The molecule has 0 bridgehead atoms. The van der Waals surface area contributed by atoms with Crippen LogP contribution in [0.25, 0.3) is 0 Å². The highest BCUT2D eigenvalue weighted by atomic mass is 16.4. The van der Waals surface area contributed by atoms with Crippen molar-refractivity contribution >= 4 is 5.97 Å². The largest absolute Gasteiger partial charge is 0.480 e. The highest BCUT2D eigenvalue weighted by Gasteiger charge is 2.28. The summed E-state index contributed by atoms with van der Waals surface area (Å²) < 4.78 is 0. The number of hydrogen-bond acceptors (Lipinski definition) is 2. The first-order valence-electron chi connectivity index (χ1n) is 4.72. The molecule has 1 aliphatic rings. The zero-order chi connectivity index (χ0) is 9.56. The van der Waals surface area contributed by atoms with Crippen LogP contribution in [0, 0.1) is 0 Å². The van der Waals surface area contributed by atoms with Gasteiger partial charge < -0.3 is 5.11 Å². The van der Waals surface area contributed by atoms with Crippen LogP contribution in [-0.2, 0) is 4.79 Å². The molecule has 0 radical (unpaired) electrons. The fourth-order valence-corrected chi connectivity index (χ4v) is 1.48. The van der Waals surface area contributed by atoms with E-state index in [1.165, 1.54) is 0 Å².